The van der Waals surface area contributed by atoms with Crippen LogP contribution in [0.2, 0.25) is 5.54 Å². The summed E-state index contributed by atoms with van der Waals surface area (Å²) in [6.07, 6.45) is 5.81. The molecule has 0 unspecified atom stereocenters. The summed E-state index contributed by atoms with van der Waals surface area (Å²) in [5, 5.41) is 0. The maximum Gasteiger partial charge on any atom is 0.0944 e. The fourth-order valence-corrected chi connectivity index (χ4v) is 2.75. The number of rotatable bonds is 3. The molecule has 0 amide bonds. The average Bonchev–Trinajstić information content (AvgIpc) is 2.34. The van der Waals surface area contributed by atoms with Crippen molar-refractivity contribution >= 4 is 9.68 Å². The van der Waals surface area contributed by atoms with Crippen molar-refractivity contribution in [3.05, 3.63) is 0 Å². The molecule has 0 spiro atoms. The van der Waals surface area contributed by atoms with E-state index in [2.05, 4.69) is 18.8 Å². The van der Waals surface area contributed by atoms with Gasteiger partial charge in [-0.05, 0) is 24.4 Å². The minimum absolute atomic E-state index is 0.0667. The summed E-state index contributed by atoms with van der Waals surface area (Å²) in [5.41, 5.74) is 0.945. The third-order valence-corrected chi connectivity index (χ3v) is 3.80. The molecule has 0 aromatic heterocycles. The van der Waals surface area contributed by atoms with Gasteiger partial charge in [-0.25, -0.2) is 0 Å². The van der Waals surface area contributed by atoms with E-state index in [9.17, 15) is 0 Å². The van der Waals surface area contributed by atoms with Crippen LogP contribution in [0.5, 0.6) is 0 Å². The van der Waals surface area contributed by atoms with E-state index in [1.54, 1.807) is 0 Å². The molecule has 1 rings (SSSR count). The minimum atomic E-state index is 0.0667. The number of hydrogen-bond donors (Lipinski definition) is 1. The van der Waals surface area contributed by atoms with E-state index < -0.39 is 0 Å². The molecule has 0 atom stereocenters. The van der Waals surface area contributed by atoms with Crippen LogP contribution in [-0.2, 0) is 0 Å². The maximum absolute atomic E-state index is 3.72. The summed E-state index contributed by atoms with van der Waals surface area (Å²) in [5.74, 6) is 0. The standard InChI is InChI=1S/C8H19NSi/c1-7(2)10-9-8-5-3-4-6-8/h7-9H,3-6,10H2,1-2H3. The molecule has 0 heterocycles. The third kappa shape index (κ3) is 2.84. The smallest absolute Gasteiger partial charge is 0.0944 e. The second-order valence-electron chi connectivity index (χ2n) is 3.78. The Kier molecular flexibility index (Phi) is 3.42. The van der Waals surface area contributed by atoms with E-state index in [0.717, 1.165) is 11.6 Å². The summed E-state index contributed by atoms with van der Waals surface area (Å²) in [4.78, 5) is 3.72. The molecular formula is C8H19NSi. The molecule has 0 radical (unpaired) electrons. The highest BCUT2D eigenvalue weighted by molar-refractivity contribution is 6.34. The molecule has 0 aromatic rings. The fourth-order valence-electron chi connectivity index (χ4n) is 1.53. The van der Waals surface area contributed by atoms with Gasteiger partial charge >= 0.3 is 0 Å². The molecule has 0 aliphatic heterocycles. The number of nitrogens with one attached hydrogen (secondary N) is 1. The lowest BCUT2D eigenvalue weighted by Gasteiger charge is -2.12. The van der Waals surface area contributed by atoms with Gasteiger partial charge in [-0.2, -0.15) is 0 Å². The summed E-state index contributed by atoms with van der Waals surface area (Å²) in [6.45, 7) is 4.66. The minimum Gasteiger partial charge on any atom is -0.339 e. The molecule has 1 fully saturated rings. The Morgan fingerprint density at radius 2 is 1.90 bits per heavy atom. The summed E-state index contributed by atoms with van der Waals surface area (Å²) < 4.78 is 0. The fraction of sp³-hybridized carbons (Fsp3) is 1.00. The van der Waals surface area contributed by atoms with Gasteiger partial charge in [0.15, 0.2) is 0 Å². The van der Waals surface area contributed by atoms with Crippen LogP contribution < -0.4 is 4.98 Å². The van der Waals surface area contributed by atoms with Gasteiger partial charge in [-0.3, -0.25) is 0 Å². The molecule has 1 nitrogen and oxygen atoms in total. The highest BCUT2D eigenvalue weighted by Crippen LogP contribution is 2.17. The van der Waals surface area contributed by atoms with E-state index in [1.807, 2.05) is 0 Å². The Bertz CT molecular complexity index is 87.3. The summed E-state index contributed by atoms with van der Waals surface area (Å²) in [7, 11) is 0.0667. The maximum atomic E-state index is 3.72. The van der Waals surface area contributed by atoms with Crippen LogP contribution in [-0.4, -0.2) is 15.7 Å². The van der Waals surface area contributed by atoms with Gasteiger partial charge in [0.2, 0.25) is 0 Å². The Hall–Kier alpha value is 0.177. The van der Waals surface area contributed by atoms with E-state index >= 15 is 0 Å². The second kappa shape index (κ2) is 4.14. The van der Waals surface area contributed by atoms with Crippen molar-refractivity contribution in [1.29, 1.82) is 0 Å². The van der Waals surface area contributed by atoms with Crippen LogP contribution in [0, 0.1) is 0 Å². The molecule has 2 heteroatoms. The average molecular weight is 157 g/mol. The molecule has 60 valence electrons. The monoisotopic (exact) mass is 157 g/mol. The quantitative estimate of drug-likeness (QED) is 0.611. The molecule has 10 heavy (non-hydrogen) atoms. The van der Waals surface area contributed by atoms with Crippen LogP contribution in [0.25, 0.3) is 0 Å². The Balaban J connectivity index is 2.01. The van der Waals surface area contributed by atoms with Crippen molar-refractivity contribution in [2.45, 2.75) is 51.1 Å². The SMILES string of the molecule is CC(C)[SiH2]NC1CCCC1. The van der Waals surface area contributed by atoms with Crippen molar-refractivity contribution in [2.24, 2.45) is 0 Å². The van der Waals surface area contributed by atoms with Gasteiger partial charge < -0.3 is 4.98 Å². The van der Waals surface area contributed by atoms with Crippen molar-refractivity contribution < 1.29 is 0 Å². The first-order valence-corrected chi connectivity index (χ1v) is 6.05. The Labute approximate surface area is 66.5 Å². The predicted molar refractivity (Wildman–Crippen MR) is 49.0 cm³/mol. The molecule has 0 saturated heterocycles. The third-order valence-electron chi connectivity index (χ3n) is 2.17. The van der Waals surface area contributed by atoms with Crippen molar-refractivity contribution in [3.63, 3.8) is 0 Å². The molecule has 0 aromatic carbocycles. The van der Waals surface area contributed by atoms with Crippen LogP contribution in [0.4, 0.5) is 0 Å². The van der Waals surface area contributed by atoms with Gasteiger partial charge in [0.05, 0.1) is 9.68 Å². The molecular weight excluding hydrogens is 138 g/mol. The van der Waals surface area contributed by atoms with Crippen LogP contribution in [0.3, 0.4) is 0 Å². The largest absolute Gasteiger partial charge is 0.339 e. The van der Waals surface area contributed by atoms with Gasteiger partial charge in [-0.1, -0.05) is 26.7 Å². The van der Waals surface area contributed by atoms with Gasteiger partial charge in [0.25, 0.3) is 0 Å². The molecule has 1 aliphatic carbocycles. The lowest BCUT2D eigenvalue weighted by Crippen LogP contribution is -2.31. The van der Waals surface area contributed by atoms with Crippen LogP contribution in [0.15, 0.2) is 0 Å². The predicted octanol–water partition coefficient (Wildman–Crippen LogP) is 1.43. The lowest BCUT2D eigenvalue weighted by molar-refractivity contribution is 0.639. The number of hydrogen-bond acceptors (Lipinski definition) is 1. The Morgan fingerprint density at radius 3 is 2.40 bits per heavy atom. The van der Waals surface area contributed by atoms with Crippen molar-refractivity contribution in [3.8, 4) is 0 Å². The van der Waals surface area contributed by atoms with E-state index in [1.165, 1.54) is 25.7 Å². The molecule has 0 bridgehead atoms. The molecule has 1 N–H and O–H groups in total. The van der Waals surface area contributed by atoms with E-state index in [0.29, 0.717) is 0 Å². The van der Waals surface area contributed by atoms with Crippen molar-refractivity contribution in [2.75, 3.05) is 0 Å². The highest BCUT2D eigenvalue weighted by Gasteiger charge is 2.13. The zero-order chi connectivity index (χ0) is 7.40. The topological polar surface area (TPSA) is 12.0 Å². The highest BCUT2D eigenvalue weighted by atomic mass is 28.2. The zero-order valence-corrected chi connectivity index (χ0v) is 8.60. The van der Waals surface area contributed by atoms with Gasteiger partial charge in [-0.15, -0.1) is 0 Å². The normalized spacial score (nSPS) is 21.9. The van der Waals surface area contributed by atoms with Crippen LogP contribution in [0.1, 0.15) is 39.5 Å². The first kappa shape index (κ1) is 8.28. The van der Waals surface area contributed by atoms with Crippen LogP contribution >= 0.6 is 0 Å². The summed E-state index contributed by atoms with van der Waals surface area (Å²) in [6, 6.07) is 0.911. The molecule has 1 aliphatic rings. The van der Waals surface area contributed by atoms with E-state index in [4.69, 9.17) is 0 Å². The lowest BCUT2D eigenvalue weighted by atomic mass is 10.3. The van der Waals surface area contributed by atoms with Gasteiger partial charge in [0, 0.05) is 0 Å². The first-order chi connectivity index (χ1) is 4.79. The zero-order valence-electron chi connectivity index (χ0n) is 7.19. The Morgan fingerprint density at radius 1 is 1.30 bits per heavy atom. The summed E-state index contributed by atoms with van der Waals surface area (Å²) >= 11 is 0. The van der Waals surface area contributed by atoms with Crippen molar-refractivity contribution in [1.82, 2.24) is 4.98 Å². The molecule has 1 saturated carbocycles. The first-order valence-electron chi connectivity index (χ1n) is 4.52. The van der Waals surface area contributed by atoms with Gasteiger partial charge in [0.1, 0.15) is 0 Å². The van der Waals surface area contributed by atoms with E-state index in [-0.39, 0.29) is 9.68 Å². The second-order valence-corrected chi connectivity index (χ2v) is 6.23.